The standard InChI is InChI=1S/C10H11F2NO2/c1-6-2-3-7(13)4-8(6)10(14)15-5-9(11)12/h2-4,9H,5,13H2,1H3. The van der Waals surface area contributed by atoms with E-state index in [9.17, 15) is 13.6 Å². The molecular weight excluding hydrogens is 204 g/mol. The van der Waals surface area contributed by atoms with Crippen molar-refractivity contribution in [3.63, 3.8) is 0 Å². The van der Waals surface area contributed by atoms with Gasteiger partial charge in [-0.05, 0) is 24.6 Å². The van der Waals surface area contributed by atoms with E-state index in [0.717, 1.165) is 0 Å². The summed E-state index contributed by atoms with van der Waals surface area (Å²) in [5.74, 6) is -0.778. The van der Waals surface area contributed by atoms with Gasteiger partial charge < -0.3 is 10.5 Å². The summed E-state index contributed by atoms with van der Waals surface area (Å²) in [5.41, 5.74) is 6.72. The summed E-state index contributed by atoms with van der Waals surface area (Å²) in [6.07, 6.45) is -2.66. The predicted octanol–water partition coefficient (Wildman–Crippen LogP) is 2.00. The maximum Gasteiger partial charge on any atom is 0.338 e. The first-order valence-electron chi connectivity index (χ1n) is 4.32. The van der Waals surface area contributed by atoms with E-state index in [4.69, 9.17) is 5.73 Å². The van der Waals surface area contributed by atoms with Crippen LogP contribution in [0.1, 0.15) is 15.9 Å². The zero-order valence-electron chi connectivity index (χ0n) is 8.17. The molecule has 0 bridgehead atoms. The molecule has 0 amide bonds. The molecule has 0 atom stereocenters. The third kappa shape index (κ3) is 3.19. The van der Waals surface area contributed by atoms with Crippen molar-refractivity contribution >= 4 is 11.7 Å². The molecule has 1 aromatic rings. The van der Waals surface area contributed by atoms with Gasteiger partial charge in [0, 0.05) is 5.69 Å². The Hall–Kier alpha value is -1.65. The van der Waals surface area contributed by atoms with Gasteiger partial charge in [-0.15, -0.1) is 0 Å². The molecule has 0 saturated carbocycles. The Kier molecular flexibility index (Phi) is 3.60. The summed E-state index contributed by atoms with van der Waals surface area (Å²) in [6, 6.07) is 4.66. The number of carbonyl (C=O) groups is 1. The quantitative estimate of drug-likeness (QED) is 0.619. The molecular formula is C10H11F2NO2. The van der Waals surface area contributed by atoms with E-state index in [-0.39, 0.29) is 5.56 Å². The minimum absolute atomic E-state index is 0.218. The molecule has 1 rings (SSSR count). The van der Waals surface area contributed by atoms with Crippen LogP contribution in [0.25, 0.3) is 0 Å². The molecule has 5 heteroatoms. The molecule has 2 N–H and O–H groups in total. The van der Waals surface area contributed by atoms with E-state index in [1.165, 1.54) is 6.07 Å². The minimum Gasteiger partial charge on any atom is -0.456 e. The highest BCUT2D eigenvalue weighted by molar-refractivity contribution is 5.92. The molecule has 3 nitrogen and oxygen atoms in total. The van der Waals surface area contributed by atoms with Crippen LogP contribution in [0.4, 0.5) is 14.5 Å². The number of alkyl halides is 2. The van der Waals surface area contributed by atoms with Crippen molar-refractivity contribution in [2.24, 2.45) is 0 Å². The molecule has 0 spiro atoms. The number of rotatable bonds is 3. The Morgan fingerprint density at radius 1 is 1.53 bits per heavy atom. The number of carbonyl (C=O) groups excluding carboxylic acids is 1. The Morgan fingerprint density at radius 2 is 2.20 bits per heavy atom. The molecule has 0 aliphatic carbocycles. The first kappa shape index (κ1) is 11.4. The lowest BCUT2D eigenvalue weighted by molar-refractivity contribution is 0.0159. The van der Waals surface area contributed by atoms with Crippen molar-refractivity contribution in [2.45, 2.75) is 13.3 Å². The van der Waals surface area contributed by atoms with Gasteiger partial charge in [-0.1, -0.05) is 6.07 Å². The summed E-state index contributed by atoms with van der Waals surface area (Å²) in [4.78, 5) is 11.3. The van der Waals surface area contributed by atoms with Crippen LogP contribution in [0.2, 0.25) is 0 Å². The number of esters is 1. The Balaban J connectivity index is 2.77. The summed E-state index contributed by atoms with van der Waals surface area (Å²) in [5, 5.41) is 0. The molecule has 0 unspecified atom stereocenters. The average molecular weight is 215 g/mol. The fourth-order valence-electron chi connectivity index (χ4n) is 1.08. The lowest BCUT2D eigenvalue weighted by atomic mass is 10.1. The van der Waals surface area contributed by atoms with Gasteiger partial charge in [-0.3, -0.25) is 0 Å². The molecule has 0 aliphatic rings. The van der Waals surface area contributed by atoms with Gasteiger partial charge in [0.15, 0.2) is 6.61 Å². The summed E-state index contributed by atoms with van der Waals surface area (Å²) >= 11 is 0. The van der Waals surface area contributed by atoms with E-state index in [0.29, 0.717) is 11.3 Å². The van der Waals surface area contributed by atoms with Gasteiger partial charge in [0.1, 0.15) is 0 Å². The third-order valence-electron chi connectivity index (χ3n) is 1.82. The van der Waals surface area contributed by atoms with Crippen LogP contribution in [-0.4, -0.2) is 19.0 Å². The molecule has 0 saturated heterocycles. The number of aryl methyl sites for hydroxylation is 1. The third-order valence-corrected chi connectivity index (χ3v) is 1.82. The number of nitrogen functional groups attached to an aromatic ring is 1. The van der Waals surface area contributed by atoms with E-state index in [1.807, 2.05) is 0 Å². The Morgan fingerprint density at radius 3 is 2.80 bits per heavy atom. The molecule has 0 aromatic heterocycles. The van der Waals surface area contributed by atoms with Crippen molar-refractivity contribution < 1.29 is 18.3 Å². The fourth-order valence-corrected chi connectivity index (χ4v) is 1.08. The number of benzene rings is 1. The van der Waals surface area contributed by atoms with Crippen LogP contribution in [0.15, 0.2) is 18.2 Å². The largest absolute Gasteiger partial charge is 0.456 e. The number of anilines is 1. The van der Waals surface area contributed by atoms with E-state index in [1.54, 1.807) is 19.1 Å². The summed E-state index contributed by atoms with van der Waals surface area (Å²) in [7, 11) is 0. The van der Waals surface area contributed by atoms with Gasteiger partial charge in [0.25, 0.3) is 6.43 Å². The van der Waals surface area contributed by atoms with Crippen LogP contribution in [0.3, 0.4) is 0 Å². The van der Waals surface area contributed by atoms with Gasteiger partial charge in [0.2, 0.25) is 0 Å². The second kappa shape index (κ2) is 4.72. The summed E-state index contributed by atoms with van der Waals surface area (Å²) in [6.45, 7) is 0.783. The van der Waals surface area contributed by atoms with Gasteiger partial charge >= 0.3 is 5.97 Å². The smallest absolute Gasteiger partial charge is 0.338 e. The summed E-state index contributed by atoms with van der Waals surface area (Å²) < 4.78 is 28.0. The van der Waals surface area contributed by atoms with Crippen LogP contribution >= 0.6 is 0 Å². The van der Waals surface area contributed by atoms with Crippen molar-refractivity contribution in [3.05, 3.63) is 29.3 Å². The van der Waals surface area contributed by atoms with Gasteiger partial charge in [-0.25, -0.2) is 13.6 Å². The van der Waals surface area contributed by atoms with Crippen molar-refractivity contribution in [3.8, 4) is 0 Å². The lowest BCUT2D eigenvalue weighted by Gasteiger charge is -2.07. The highest BCUT2D eigenvalue weighted by atomic mass is 19.3. The van der Waals surface area contributed by atoms with Crippen LogP contribution in [0, 0.1) is 6.92 Å². The second-order valence-electron chi connectivity index (χ2n) is 3.06. The number of hydrogen-bond donors (Lipinski definition) is 1. The lowest BCUT2D eigenvalue weighted by Crippen LogP contribution is -2.13. The van der Waals surface area contributed by atoms with Crippen LogP contribution in [-0.2, 0) is 4.74 Å². The highest BCUT2D eigenvalue weighted by Crippen LogP contribution is 2.14. The first-order chi connectivity index (χ1) is 7.00. The van der Waals surface area contributed by atoms with Crippen LogP contribution in [0.5, 0.6) is 0 Å². The maximum atomic E-state index is 11.8. The minimum atomic E-state index is -2.66. The molecule has 0 radical (unpaired) electrons. The molecule has 15 heavy (non-hydrogen) atoms. The number of nitrogens with two attached hydrogens (primary N) is 1. The number of halogens is 2. The van der Waals surface area contributed by atoms with Crippen molar-refractivity contribution in [1.29, 1.82) is 0 Å². The zero-order valence-corrected chi connectivity index (χ0v) is 8.17. The van der Waals surface area contributed by atoms with Gasteiger partial charge in [0.05, 0.1) is 5.56 Å². The first-order valence-corrected chi connectivity index (χ1v) is 4.32. The van der Waals surface area contributed by atoms with E-state index in [2.05, 4.69) is 4.74 Å². The number of ether oxygens (including phenoxy) is 1. The molecule has 82 valence electrons. The fraction of sp³-hybridized carbons (Fsp3) is 0.300. The molecule has 0 fully saturated rings. The Bertz CT molecular complexity index is 366. The number of hydrogen-bond acceptors (Lipinski definition) is 3. The van der Waals surface area contributed by atoms with Gasteiger partial charge in [-0.2, -0.15) is 0 Å². The normalized spacial score (nSPS) is 10.4. The highest BCUT2D eigenvalue weighted by Gasteiger charge is 2.13. The van der Waals surface area contributed by atoms with E-state index >= 15 is 0 Å². The maximum absolute atomic E-state index is 11.8. The SMILES string of the molecule is Cc1ccc(N)cc1C(=O)OCC(F)F. The zero-order chi connectivity index (χ0) is 11.4. The van der Waals surface area contributed by atoms with E-state index < -0.39 is 19.0 Å². The topological polar surface area (TPSA) is 52.3 Å². The van der Waals surface area contributed by atoms with Crippen molar-refractivity contribution in [1.82, 2.24) is 0 Å². The molecule has 0 aliphatic heterocycles. The Labute approximate surface area is 85.8 Å². The second-order valence-corrected chi connectivity index (χ2v) is 3.06. The molecule has 0 heterocycles. The van der Waals surface area contributed by atoms with Crippen LogP contribution < -0.4 is 5.73 Å². The average Bonchev–Trinajstić information content (AvgIpc) is 2.18. The molecule has 1 aromatic carbocycles. The monoisotopic (exact) mass is 215 g/mol. The predicted molar refractivity (Wildman–Crippen MR) is 51.9 cm³/mol. The van der Waals surface area contributed by atoms with Crippen molar-refractivity contribution in [2.75, 3.05) is 12.3 Å².